The Balaban J connectivity index is 2.43. The predicted octanol–water partition coefficient (Wildman–Crippen LogP) is 4.89. The highest BCUT2D eigenvalue weighted by molar-refractivity contribution is 7.89. The summed E-state index contributed by atoms with van der Waals surface area (Å²) >= 11 is 0. The van der Waals surface area contributed by atoms with E-state index in [4.69, 9.17) is 28.4 Å². The normalized spacial score (nSPS) is 23.9. The molecule has 11 nitrogen and oxygen atoms in total. The molecule has 0 aromatic heterocycles. The number of aliphatic hydroxyl groups excluding tert-OH is 2. The summed E-state index contributed by atoms with van der Waals surface area (Å²) in [6.07, 6.45) is 1.65. The lowest BCUT2D eigenvalue weighted by Gasteiger charge is -2.46. The summed E-state index contributed by atoms with van der Waals surface area (Å²) in [4.78, 5) is 0.0520. The molecule has 1 aliphatic rings. The number of hydrogen-bond donors (Lipinski definition) is 3. The van der Waals surface area contributed by atoms with Crippen molar-refractivity contribution in [1.29, 1.82) is 0 Å². The molecule has 1 fully saturated rings. The smallest absolute Gasteiger partial charge is 0.240 e. The Morgan fingerprint density at radius 3 is 1.96 bits per heavy atom. The number of ether oxygens (including phenoxy) is 6. The van der Waals surface area contributed by atoms with Gasteiger partial charge < -0.3 is 38.6 Å². The summed E-state index contributed by atoms with van der Waals surface area (Å²) in [5, 5.41) is 21.7. The van der Waals surface area contributed by atoms with Crippen LogP contribution in [0, 0.1) is 6.92 Å². The summed E-state index contributed by atoms with van der Waals surface area (Å²) in [7, 11) is -4.07. The Morgan fingerprint density at radius 1 is 0.809 bits per heavy atom. The molecule has 1 aromatic carbocycles. The van der Waals surface area contributed by atoms with Crippen molar-refractivity contribution in [3.63, 3.8) is 0 Å². The highest BCUT2D eigenvalue weighted by Gasteiger charge is 2.49. The van der Waals surface area contributed by atoms with Gasteiger partial charge in [-0.15, -0.1) is 0 Å². The third-order valence-electron chi connectivity index (χ3n) is 8.21. The van der Waals surface area contributed by atoms with Crippen molar-refractivity contribution >= 4 is 10.0 Å². The molecule has 47 heavy (non-hydrogen) atoms. The third kappa shape index (κ3) is 14.3. The summed E-state index contributed by atoms with van der Waals surface area (Å²) < 4.78 is 67.6. The molecule has 1 aromatic rings. The number of unbranched alkanes of at least 4 members (excludes halogenated alkanes) is 4. The monoisotopic (exact) mass is 689 g/mol. The molecule has 3 unspecified atom stereocenters. The lowest BCUT2D eigenvalue weighted by molar-refractivity contribution is -0.325. The maximum Gasteiger partial charge on any atom is 0.240 e. The maximum atomic E-state index is 13.4. The van der Waals surface area contributed by atoms with Crippen LogP contribution in [0.2, 0.25) is 0 Å². The molecule has 1 saturated heterocycles. The fraction of sp³-hybridized carbons (Fsp3) is 0.829. The van der Waals surface area contributed by atoms with Gasteiger partial charge in [-0.2, -0.15) is 0 Å². The van der Waals surface area contributed by atoms with Gasteiger partial charge >= 0.3 is 0 Å². The van der Waals surface area contributed by atoms with E-state index >= 15 is 0 Å². The van der Waals surface area contributed by atoms with Gasteiger partial charge in [0.25, 0.3) is 0 Å². The average Bonchev–Trinajstić information content (AvgIpc) is 3.06. The SMILES string of the molecule is CCCCOCC1O[C@H](OC[C@H](NS(=O)(=O)c2cccc(C)c2)[C@H](O)[C@H](O)CC)C(OCCCC)C(OCCCC)[C@H]1OCCCC. The second-order valence-electron chi connectivity index (χ2n) is 12.4. The van der Waals surface area contributed by atoms with Crippen molar-refractivity contribution in [2.24, 2.45) is 0 Å². The van der Waals surface area contributed by atoms with Gasteiger partial charge in [0, 0.05) is 26.4 Å². The molecule has 2 rings (SSSR count). The van der Waals surface area contributed by atoms with E-state index in [1.807, 2.05) is 0 Å². The quantitative estimate of drug-likeness (QED) is 0.115. The molecule has 0 radical (unpaired) electrons. The van der Waals surface area contributed by atoms with Gasteiger partial charge in [0.1, 0.15) is 24.4 Å². The Kier molecular flexibility index (Phi) is 20.8. The van der Waals surface area contributed by atoms with E-state index in [9.17, 15) is 18.6 Å². The van der Waals surface area contributed by atoms with Gasteiger partial charge in [-0.25, -0.2) is 13.1 Å². The van der Waals surface area contributed by atoms with Gasteiger partial charge in [0.2, 0.25) is 10.0 Å². The number of aryl methyl sites for hydroxylation is 1. The van der Waals surface area contributed by atoms with Crippen LogP contribution in [0.25, 0.3) is 0 Å². The molecule has 1 aliphatic heterocycles. The first-order valence-corrected chi connectivity index (χ1v) is 19.3. The lowest BCUT2D eigenvalue weighted by atomic mass is 9.97. The molecule has 0 amide bonds. The molecular formula is C35H63NO10S. The molecule has 0 spiro atoms. The van der Waals surface area contributed by atoms with Crippen LogP contribution in [0.5, 0.6) is 0 Å². The Labute approximate surface area is 284 Å². The lowest BCUT2D eigenvalue weighted by Crippen LogP contribution is -2.63. The van der Waals surface area contributed by atoms with E-state index in [2.05, 4.69) is 32.4 Å². The Hall–Kier alpha value is -1.19. The van der Waals surface area contributed by atoms with Crippen LogP contribution in [0.1, 0.15) is 98.0 Å². The Bertz CT molecular complexity index is 1060. The van der Waals surface area contributed by atoms with Crippen LogP contribution < -0.4 is 4.72 Å². The van der Waals surface area contributed by atoms with E-state index < -0.39 is 59.0 Å². The first-order chi connectivity index (χ1) is 22.6. The van der Waals surface area contributed by atoms with Crippen molar-refractivity contribution in [2.45, 2.75) is 153 Å². The van der Waals surface area contributed by atoms with Crippen LogP contribution in [-0.2, 0) is 38.4 Å². The highest BCUT2D eigenvalue weighted by atomic mass is 32.2. The number of rotatable bonds is 26. The van der Waals surface area contributed by atoms with E-state index in [0.717, 1.165) is 56.9 Å². The van der Waals surface area contributed by atoms with Gasteiger partial charge in [-0.1, -0.05) is 72.4 Å². The molecule has 8 atom stereocenters. The van der Waals surface area contributed by atoms with Crippen molar-refractivity contribution in [3.05, 3.63) is 29.8 Å². The highest BCUT2D eigenvalue weighted by Crippen LogP contribution is 2.30. The zero-order valence-corrected chi connectivity index (χ0v) is 30.4. The number of hydrogen-bond acceptors (Lipinski definition) is 10. The zero-order valence-electron chi connectivity index (χ0n) is 29.6. The summed E-state index contributed by atoms with van der Waals surface area (Å²) in [5.41, 5.74) is 0.773. The molecule has 274 valence electrons. The number of nitrogens with one attached hydrogen (secondary N) is 1. The van der Waals surface area contributed by atoms with E-state index in [0.29, 0.717) is 26.4 Å². The summed E-state index contributed by atoms with van der Waals surface area (Å²) in [5.74, 6) is 0. The predicted molar refractivity (Wildman–Crippen MR) is 182 cm³/mol. The number of sulfonamides is 1. The second-order valence-corrected chi connectivity index (χ2v) is 14.1. The Morgan fingerprint density at radius 2 is 1.38 bits per heavy atom. The van der Waals surface area contributed by atoms with Crippen LogP contribution in [-0.4, -0.2) is 107 Å². The topological polar surface area (TPSA) is 142 Å². The molecule has 12 heteroatoms. The average molecular weight is 690 g/mol. The van der Waals surface area contributed by atoms with Crippen molar-refractivity contribution < 1.29 is 47.1 Å². The summed E-state index contributed by atoms with van der Waals surface area (Å²) in [6.45, 7) is 13.9. The third-order valence-corrected chi connectivity index (χ3v) is 9.70. The fourth-order valence-corrected chi connectivity index (χ4v) is 6.55. The minimum atomic E-state index is -4.07. The largest absolute Gasteiger partial charge is 0.390 e. The van der Waals surface area contributed by atoms with Crippen LogP contribution >= 0.6 is 0 Å². The van der Waals surface area contributed by atoms with Gasteiger partial charge in [0.05, 0.1) is 36.4 Å². The number of benzene rings is 1. The molecule has 0 saturated carbocycles. The van der Waals surface area contributed by atoms with Crippen LogP contribution in [0.15, 0.2) is 29.2 Å². The molecule has 0 aliphatic carbocycles. The molecule has 0 bridgehead atoms. The molecule has 1 heterocycles. The van der Waals surface area contributed by atoms with Gasteiger partial charge in [-0.3, -0.25) is 0 Å². The van der Waals surface area contributed by atoms with Crippen molar-refractivity contribution in [1.82, 2.24) is 4.72 Å². The van der Waals surface area contributed by atoms with Gasteiger partial charge in [0.15, 0.2) is 6.29 Å². The van der Waals surface area contributed by atoms with Gasteiger partial charge in [-0.05, 0) is 56.7 Å². The molecular weight excluding hydrogens is 626 g/mol. The number of aliphatic hydroxyl groups is 2. The molecule has 3 N–H and O–H groups in total. The van der Waals surface area contributed by atoms with Crippen LogP contribution in [0.4, 0.5) is 0 Å². The minimum Gasteiger partial charge on any atom is -0.390 e. The fourth-order valence-electron chi connectivity index (χ4n) is 5.21. The van der Waals surface area contributed by atoms with Crippen molar-refractivity contribution in [3.8, 4) is 0 Å². The standard InChI is InChI=1S/C35H63NO10S/c1-7-12-19-41-25-30-32(42-20-13-8-2)33(43-21-14-9-3)34(44-22-15-10-4)35(46-30)45-24-28(31(38)29(37)11-5)36-47(39,40)27-18-16-17-26(6)23-27/h16-18,23,28-38H,7-15,19-22,24-25H2,1-6H3/t28-,29+,30?,31-,32-,33?,34?,35-/m0/s1. The maximum absolute atomic E-state index is 13.4. The first-order valence-electron chi connectivity index (χ1n) is 17.8. The zero-order chi connectivity index (χ0) is 34.7. The van der Waals surface area contributed by atoms with E-state index in [1.165, 1.54) is 6.07 Å². The van der Waals surface area contributed by atoms with E-state index in [1.54, 1.807) is 32.0 Å². The minimum absolute atomic E-state index is 0.0520. The second kappa shape index (κ2) is 23.3. The van der Waals surface area contributed by atoms with E-state index in [-0.39, 0.29) is 24.5 Å². The van der Waals surface area contributed by atoms with Crippen molar-refractivity contribution in [2.75, 3.05) is 39.6 Å². The summed E-state index contributed by atoms with van der Waals surface area (Å²) in [6, 6.07) is 5.30. The first kappa shape index (κ1) is 42.0. The van der Waals surface area contributed by atoms with Crippen LogP contribution in [0.3, 0.4) is 0 Å².